The molecule has 2 unspecified atom stereocenters. The lowest BCUT2D eigenvalue weighted by Crippen LogP contribution is -2.51. The number of likely N-dealkylation sites (N-methyl/N-ethyl adjacent to an activating group) is 1. The number of hydrogen-bond acceptors (Lipinski definition) is 6. The van der Waals surface area contributed by atoms with Gasteiger partial charge in [-0.05, 0) is 62.5 Å². The number of aliphatic hydroxyl groups excluding tert-OH is 1. The minimum atomic E-state index is -1.29. The molecule has 0 fully saturated rings. The number of carbonyl (C=O) groups is 3. The van der Waals surface area contributed by atoms with Crippen LogP contribution in [-0.2, 0) is 9.59 Å². The number of hydroxylamine groups is 1. The largest absolute Gasteiger partial charge is 0.391 e. The summed E-state index contributed by atoms with van der Waals surface area (Å²) in [5, 5.41) is 26.2. The third-order valence-electron chi connectivity index (χ3n) is 4.17. The molecular weight excluding hydrogens is 400 g/mol. The molecule has 2 atom stereocenters. The van der Waals surface area contributed by atoms with Crippen molar-refractivity contribution in [3.8, 4) is 11.8 Å². The summed E-state index contributed by atoms with van der Waals surface area (Å²) in [5.41, 5.74) is 3.77. The van der Waals surface area contributed by atoms with Crippen molar-refractivity contribution >= 4 is 23.4 Å². The molecule has 9 nitrogen and oxygen atoms in total. The Morgan fingerprint density at radius 2 is 1.52 bits per heavy atom. The molecule has 162 valence electrons. The fourth-order valence-corrected chi connectivity index (χ4v) is 2.55. The summed E-state index contributed by atoms with van der Waals surface area (Å²) in [6, 6.07) is 12.2. The standard InChI is InChI=1S/C22H24N4O5/c1-14(27)20(22(30)26-31)25-21(29)17-9-5-15(6-10-17)3-4-16-7-11-18(12-8-16)24-19(28)13-23-2/h5-12,14,20,23,27,31H,13H2,1-2H3,(H,24,28)(H,25,29)(H,26,30). The van der Waals surface area contributed by atoms with Crippen molar-refractivity contribution in [3.63, 3.8) is 0 Å². The van der Waals surface area contributed by atoms with E-state index in [1.54, 1.807) is 43.4 Å². The normalized spacial score (nSPS) is 12.0. The molecule has 0 saturated heterocycles. The number of amides is 3. The average Bonchev–Trinajstić information content (AvgIpc) is 2.76. The SMILES string of the molecule is CNCC(=O)Nc1ccc(C#Cc2ccc(C(=O)NC(C(=O)NO)C(C)O)cc2)cc1. The second-order valence-corrected chi connectivity index (χ2v) is 6.65. The van der Waals surface area contributed by atoms with E-state index < -0.39 is 24.0 Å². The lowest BCUT2D eigenvalue weighted by Gasteiger charge is -2.19. The van der Waals surface area contributed by atoms with Gasteiger partial charge in [-0.15, -0.1) is 0 Å². The Morgan fingerprint density at radius 3 is 2.00 bits per heavy atom. The monoisotopic (exact) mass is 424 g/mol. The van der Waals surface area contributed by atoms with Crippen LogP contribution in [-0.4, -0.2) is 53.8 Å². The molecule has 2 rings (SSSR count). The van der Waals surface area contributed by atoms with Crippen LogP contribution in [0.25, 0.3) is 0 Å². The molecule has 31 heavy (non-hydrogen) atoms. The summed E-state index contributed by atoms with van der Waals surface area (Å²) in [5.74, 6) is 4.34. The van der Waals surface area contributed by atoms with Gasteiger partial charge in [0.25, 0.3) is 11.8 Å². The predicted molar refractivity (Wildman–Crippen MR) is 114 cm³/mol. The van der Waals surface area contributed by atoms with Crippen LogP contribution >= 0.6 is 0 Å². The van der Waals surface area contributed by atoms with Gasteiger partial charge in [0.1, 0.15) is 6.04 Å². The molecule has 0 aliphatic heterocycles. The van der Waals surface area contributed by atoms with Crippen molar-refractivity contribution in [2.75, 3.05) is 18.9 Å². The third-order valence-corrected chi connectivity index (χ3v) is 4.17. The predicted octanol–water partition coefficient (Wildman–Crippen LogP) is 0.229. The zero-order valence-electron chi connectivity index (χ0n) is 17.1. The topological polar surface area (TPSA) is 140 Å². The Morgan fingerprint density at radius 1 is 0.968 bits per heavy atom. The van der Waals surface area contributed by atoms with Crippen LogP contribution in [0, 0.1) is 11.8 Å². The maximum atomic E-state index is 12.3. The van der Waals surface area contributed by atoms with Crippen LogP contribution in [0.5, 0.6) is 0 Å². The Bertz CT molecular complexity index is 976. The molecule has 0 radical (unpaired) electrons. The number of carbonyl (C=O) groups excluding carboxylic acids is 3. The Balaban J connectivity index is 2.01. The third kappa shape index (κ3) is 7.24. The fourth-order valence-electron chi connectivity index (χ4n) is 2.55. The van der Waals surface area contributed by atoms with Crippen molar-refractivity contribution in [2.45, 2.75) is 19.1 Å². The van der Waals surface area contributed by atoms with Gasteiger partial charge in [-0.3, -0.25) is 19.6 Å². The highest BCUT2D eigenvalue weighted by molar-refractivity contribution is 5.97. The van der Waals surface area contributed by atoms with Gasteiger partial charge in [0.05, 0.1) is 12.6 Å². The summed E-state index contributed by atoms with van der Waals surface area (Å²) in [4.78, 5) is 35.3. The molecule has 0 aliphatic rings. The second kappa shape index (κ2) is 11.5. The molecule has 2 aromatic rings. The highest BCUT2D eigenvalue weighted by Crippen LogP contribution is 2.09. The number of rotatable bonds is 7. The zero-order valence-corrected chi connectivity index (χ0v) is 17.1. The first-order chi connectivity index (χ1) is 14.8. The quantitative estimate of drug-likeness (QED) is 0.214. The first kappa shape index (κ1) is 23.6. The summed E-state index contributed by atoms with van der Waals surface area (Å²) in [6.45, 7) is 1.55. The van der Waals surface area contributed by atoms with Crippen molar-refractivity contribution in [2.24, 2.45) is 0 Å². The van der Waals surface area contributed by atoms with Gasteiger partial charge in [0.15, 0.2) is 0 Å². The fraction of sp³-hybridized carbons (Fsp3) is 0.227. The number of aliphatic hydroxyl groups is 1. The van der Waals surface area contributed by atoms with Crippen LogP contribution in [0.3, 0.4) is 0 Å². The Kier molecular flexibility index (Phi) is 8.72. The molecule has 6 N–H and O–H groups in total. The first-order valence-corrected chi connectivity index (χ1v) is 9.43. The maximum absolute atomic E-state index is 12.3. The molecule has 0 saturated carbocycles. The number of anilines is 1. The maximum Gasteiger partial charge on any atom is 0.268 e. The summed E-state index contributed by atoms with van der Waals surface area (Å²) < 4.78 is 0. The van der Waals surface area contributed by atoms with Gasteiger partial charge in [-0.1, -0.05) is 11.8 Å². The van der Waals surface area contributed by atoms with Gasteiger partial charge >= 0.3 is 0 Å². The summed E-state index contributed by atoms with van der Waals surface area (Å²) in [6.07, 6.45) is -1.19. The van der Waals surface area contributed by atoms with Crippen molar-refractivity contribution < 1.29 is 24.7 Å². The molecular formula is C22H24N4O5. The van der Waals surface area contributed by atoms with Gasteiger partial charge in [0, 0.05) is 22.4 Å². The molecule has 0 heterocycles. The van der Waals surface area contributed by atoms with E-state index in [-0.39, 0.29) is 18.0 Å². The Labute approximate surface area is 179 Å². The molecule has 0 aliphatic carbocycles. The minimum Gasteiger partial charge on any atom is -0.391 e. The van der Waals surface area contributed by atoms with E-state index in [0.717, 1.165) is 5.56 Å². The van der Waals surface area contributed by atoms with E-state index in [9.17, 15) is 19.5 Å². The van der Waals surface area contributed by atoms with E-state index >= 15 is 0 Å². The lowest BCUT2D eigenvalue weighted by atomic mass is 10.1. The molecule has 0 aromatic heterocycles. The first-order valence-electron chi connectivity index (χ1n) is 9.43. The number of nitrogens with one attached hydrogen (secondary N) is 4. The van der Waals surface area contributed by atoms with Crippen molar-refractivity contribution in [3.05, 3.63) is 65.2 Å². The van der Waals surface area contributed by atoms with E-state index in [1.165, 1.54) is 24.5 Å². The van der Waals surface area contributed by atoms with Gasteiger partial charge in [-0.25, -0.2) is 5.48 Å². The van der Waals surface area contributed by atoms with Crippen LogP contribution in [0.15, 0.2) is 48.5 Å². The van der Waals surface area contributed by atoms with E-state index in [1.807, 2.05) is 0 Å². The molecule has 0 bridgehead atoms. The van der Waals surface area contributed by atoms with Crippen LogP contribution in [0.1, 0.15) is 28.4 Å². The van der Waals surface area contributed by atoms with E-state index in [2.05, 4.69) is 27.8 Å². The molecule has 9 heteroatoms. The van der Waals surface area contributed by atoms with Crippen LogP contribution < -0.4 is 21.4 Å². The van der Waals surface area contributed by atoms with Crippen LogP contribution in [0.2, 0.25) is 0 Å². The molecule has 0 spiro atoms. The second-order valence-electron chi connectivity index (χ2n) is 6.65. The number of hydrogen-bond donors (Lipinski definition) is 6. The zero-order chi connectivity index (χ0) is 22.8. The minimum absolute atomic E-state index is 0.137. The molecule has 2 aromatic carbocycles. The number of benzene rings is 2. The van der Waals surface area contributed by atoms with Gasteiger partial charge in [-0.2, -0.15) is 0 Å². The summed E-state index contributed by atoms with van der Waals surface area (Å²) >= 11 is 0. The van der Waals surface area contributed by atoms with Crippen molar-refractivity contribution in [1.82, 2.24) is 16.1 Å². The average molecular weight is 424 g/mol. The van der Waals surface area contributed by atoms with Gasteiger partial charge in [0.2, 0.25) is 5.91 Å². The Hall–Kier alpha value is -3.71. The van der Waals surface area contributed by atoms with Crippen LogP contribution in [0.4, 0.5) is 5.69 Å². The highest BCUT2D eigenvalue weighted by atomic mass is 16.5. The van der Waals surface area contributed by atoms with E-state index in [4.69, 9.17) is 5.21 Å². The smallest absolute Gasteiger partial charge is 0.268 e. The van der Waals surface area contributed by atoms with Gasteiger partial charge < -0.3 is 21.1 Å². The van der Waals surface area contributed by atoms with Crippen molar-refractivity contribution in [1.29, 1.82) is 0 Å². The summed E-state index contributed by atoms with van der Waals surface area (Å²) in [7, 11) is 1.69. The lowest BCUT2D eigenvalue weighted by molar-refractivity contribution is -0.133. The molecule has 3 amide bonds. The highest BCUT2D eigenvalue weighted by Gasteiger charge is 2.25. The van der Waals surface area contributed by atoms with E-state index in [0.29, 0.717) is 11.3 Å².